The summed E-state index contributed by atoms with van der Waals surface area (Å²) in [5.74, 6) is 0.418. The van der Waals surface area contributed by atoms with E-state index in [0.717, 1.165) is 55.1 Å². The molecule has 9 heteroatoms. The van der Waals surface area contributed by atoms with Crippen molar-refractivity contribution < 1.29 is 9.59 Å². The summed E-state index contributed by atoms with van der Waals surface area (Å²) < 4.78 is 2.34. The van der Waals surface area contributed by atoms with Crippen molar-refractivity contribution in [1.29, 1.82) is 0 Å². The number of aromatic amines is 1. The summed E-state index contributed by atoms with van der Waals surface area (Å²) in [7, 11) is 0. The second kappa shape index (κ2) is 10.8. The van der Waals surface area contributed by atoms with Crippen LogP contribution in [0.5, 0.6) is 0 Å². The van der Waals surface area contributed by atoms with E-state index >= 15 is 0 Å². The molecule has 0 unspecified atom stereocenters. The van der Waals surface area contributed by atoms with Crippen molar-refractivity contribution in [2.45, 2.75) is 39.3 Å². The van der Waals surface area contributed by atoms with Gasteiger partial charge in [0, 0.05) is 36.7 Å². The number of H-pyrrole nitrogens is 1. The summed E-state index contributed by atoms with van der Waals surface area (Å²) in [6.45, 7) is 4.93. The summed E-state index contributed by atoms with van der Waals surface area (Å²) in [6, 6.07) is 15.9. The molecule has 0 bridgehead atoms. The lowest BCUT2D eigenvalue weighted by Crippen LogP contribution is -2.38. The van der Waals surface area contributed by atoms with Gasteiger partial charge in [-0.05, 0) is 62.8 Å². The van der Waals surface area contributed by atoms with Crippen molar-refractivity contribution in [1.82, 2.24) is 19.7 Å². The Morgan fingerprint density at radius 3 is 2.62 bits per heavy atom. The van der Waals surface area contributed by atoms with Crippen molar-refractivity contribution in [2.24, 2.45) is 11.7 Å². The highest BCUT2D eigenvalue weighted by Crippen LogP contribution is 2.21. The largest absolute Gasteiger partial charge is 0.369 e. The number of hydrogen-bond donors (Lipinski definition) is 3. The van der Waals surface area contributed by atoms with Gasteiger partial charge in [0.25, 0.3) is 0 Å². The number of nitrogens with two attached hydrogens (primary N) is 1. The first-order valence-electron chi connectivity index (χ1n) is 11.5. The average molecular weight is 479 g/mol. The number of aromatic nitrogens is 3. The summed E-state index contributed by atoms with van der Waals surface area (Å²) in [5, 5.41) is 10.2. The molecule has 1 aromatic heterocycles. The maximum Gasteiger partial charge on any atom is 0.226 e. The lowest BCUT2D eigenvalue weighted by Gasteiger charge is -2.30. The lowest BCUT2D eigenvalue weighted by atomic mass is 9.96. The number of likely N-dealkylation sites (tertiary alicyclic amines) is 1. The first-order valence-corrected chi connectivity index (χ1v) is 11.9. The quantitative estimate of drug-likeness (QED) is 0.428. The highest BCUT2D eigenvalue weighted by atomic mass is 32.1. The van der Waals surface area contributed by atoms with E-state index in [2.05, 4.69) is 26.5 Å². The molecule has 2 amide bonds. The molecule has 178 valence electrons. The highest BCUT2D eigenvalue weighted by molar-refractivity contribution is 7.71. The number of benzene rings is 2. The van der Waals surface area contributed by atoms with E-state index in [1.165, 1.54) is 5.56 Å². The molecule has 2 aromatic carbocycles. The van der Waals surface area contributed by atoms with Crippen molar-refractivity contribution in [2.75, 3.05) is 18.4 Å². The zero-order valence-corrected chi connectivity index (χ0v) is 20.1. The number of nitrogens with one attached hydrogen (secondary N) is 2. The number of carbonyl (C=O) groups is 2. The van der Waals surface area contributed by atoms with Gasteiger partial charge in [0.2, 0.25) is 11.8 Å². The van der Waals surface area contributed by atoms with Crippen LogP contribution in [0.1, 0.15) is 30.4 Å². The van der Waals surface area contributed by atoms with Crippen LogP contribution in [0, 0.1) is 17.6 Å². The van der Waals surface area contributed by atoms with Gasteiger partial charge >= 0.3 is 0 Å². The van der Waals surface area contributed by atoms with E-state index in [0.29, 0.717) is 11.3 Å². The first kappa shape index (κ1) is 23.8. The van der Waals surface area contributed by atoms with E-state index in [1.807, 2.05) is 54.0 Å². The van der Waals surface area contributed by atoms with Crippen molar-refractivity contribution in [3.8, 4) is 11.4 Å². The van der Waals surface area contributed by atoms with Gasteiger partial charge in [-0.25, -0.2) is 0 Å². The number of anilines is 1. The zero-order chi connectivity index (χ0) is 24.1. The highest BCUT2D eigenvalue weighted by Gasteiger charge is 2.23. The van der Waals surface area contributed by atoms with Crippen molar-refractivity contribution >= 4 is 29.7 Å². The number of hydrogen-bond acceptors (Lipinski definition) is 5. The molecular weight excluding hydrogens is 448 g/mol. The van der Waals surface area contributed by atoms with Gasteiger partial charge in [0.15, 0.2) is 10.6 Å². The van der Waals surface area contributed by atoms with Crippen LogP contribution in [-0.2, 0) is 22.7 Å². The van der Waals surface area contributed by atoms with Crippen molar-refractivity contribution in [3.63, 3.8) is 0 Å². The fourth-order valence-corrected chi connectivity index (χ4v) is 4.49. The smallest absolute Gasteiger partial charge is 0.226 e. The molecule has 0 spiro atoms. The Morgan fingerprint density at radius 1 is 1.18 bits per heavy atom. The van der Waals surface area contributed by atoms with Gasteiger partial charge in [-0.2, -0.15) is 5.10 Å². The lowest BCUT2D eigenvalue weighted by molar-refractivity contribution is -0.123. The zero-order valence-electron chi connectivity index (χ0n) is 19.3. The monoisotopic (exact) mass is 478 g/mol. The van der Waals surface area contributed by atoms with Crippen LogP contribution in [0.4, 0.5) is 5.69 Å². The predicted octanol–water partition coefficient (Wildman–Crippen LogP) is 3.64. The molecule has 1 saturated heterocycles. The van der Waals surface area contributed by atoms with E-state index in [1.54, 1.807) is 0 Å². The van der Waals surface area contributed by atoms with Crippen LogP contribution in [0.2, 0.25) is 0 Å². The molecular formula is C25H30N6O2S. The molecule has 4 rings (SSSR count). The third-order valence-corrected chi connectivity index (χ3v) is 6.55. The minimum absolute atomic E-state index is 0.0165. The maximum atomic E-state index is 12.7. The van der Waals surface area contributed by atoms with Gasteiger partial charge in [-0.1, -0.05) is 42.0 Å². The summed E-state index contributed by atoms with van der Waals surface area (Å²) in [6.07, 6.45) is 1.87. The van der Waals surface area contributed by atoms with Crippen LogP contribution in [0.25, 0.3) is 11.4 Å². The molecule has 0 saturated carbocycles. The minimum Gasteiger partial charge on any atom is -0.369 e. The number of rotatable bonds is 8. The molecule has 0 radical (unpaired) electrons. The number of nitrogens with zero attached hydrogens (tertiary/aromatic N) is 3. The van der Waals surface area contributed by atoms with Crippen LogP contribution >= 0.6 is 12.2 Å². The Balaban J connectivity index is 1.33. The first-order chi connectivity index (χ1) is 16.4. The number of primary amides is 1. The number of carbonyl (C=O) groups excluding carboxylic acids is 2. The SMILES string of the molecule is Cc1ccc(-c2n[nH]c(=S)n2CCC(=O)Nc2cccc(CN3CCC(C(N)=O)CC3)c2)cc1. The van der Waals surface area contributed by atoms with Gasteiger partial charge in [-0.3, -0.25) is 24.2 Å². The minimum atomic E-state index is -0.202. The Kier molecular flexibility index (Phi) is 7.54. The molecule has 0 atom stereocenters. The maximum absolute atomic E-state index is 12.7. The molecule has 0 aliphatic carbocycles. The van der Waals surface area contributed by atoms with E-state index < -0.39 is 0 Å². The summed E-state index contributed by atoms with van der Waals surface area (Å²) in [4.78, 5) is 26.4. The molecule has 8 nitrogen and oxygen atoms in total. The van der Waals surface area contributed by atoms with E-state index in [9.17, 15) is 9.59 Å². The fourth-order valence-electron chi connectivity index (χ4n) is 4.27. The molecule has 3 aromatic rings. The third-order valence-electron chi connectivity index (χ3n) is 6.24. The normalized spacial score (nSPS) is 14.7. The van der Waals surface area contributed by atoms with E-state index in [4.69, 9.17) is 18.0 Å². The Labute approximate surface area is 204 Å². The molecule has 2 heterocycles. The van der Waals surface area contributed by atoms with Gasteiger partial charge in [0.05, 0.1) is 0 Å². The molecule has 34 heavy (non-hydrogen) atoms. The third kappa shape index (κ3) is 5.98. The summed E-state index contributed by atoms with van der Waals surface area (Å²) >= 11 is 5.38. The summed E-state index contributed by atoms with van der Waals surface area (Å²) in [5.41, 5.74) is 9.43. The van der Waals surface area contributed by atoms with Gasteiger partial charge in [0.1, 0.15) is 0 Å². The second-order valence-corrected chi connectivity index (χ2v) is 9.21. The number of piperidine rings is 1. The average Bonchev–Trinajstić information content (AvgIpc) is 3.19. The predicted molar refractivity (Wildman–Crippen MR) is 134 cm³/mol. The Morgan fingerprint density at radius 2 is 1.91 bits per heavy atom. The molecule has 1 aliphatic rings. The van der Waals surface area contributed by atoms with Gasteiger partial charge in [-0.15, -0.1) is 0 Å². The van der Waals surface area contributed by atoms with Crippen molar-refractivity contribution in [3.05, 3.63) is 64.4 Å². The van der Waals surface area contributed by atoms with Crippen LogP contribution in [0.15, 0.2) is 48.5 Å². The van der Waals surface area contributed by atoms with Crippen LogP contribution < -0.4 is 11.1 Å². The number of amides is 2. The Hall–Kier alpha value is -3.30. The second-order valence-electron chi connectivity index (χ2n) is 8.82. The van der Waals surface area contributed by atoms with Crippen LogP contribution in [0.3, 0.4) is 0 Å². The van der Waals surface area contributed by atoms with Gasteiger partial charge < -0.3 is 11.1 Å². The standard InChI is InChI=1S/C25H30N6O2S/c1-17-5-7-20(8-6-17)24-28-29-25(34)31(24)14-11-22(32)27-21-4-2-3-18(15-21)16-30-12-9-19(10-13-30)23(26)33/h2-8,15,19H,9-14,16H2,1H3,(H2,26,33)(H,27,32)(H,29,34). The fraction of sp³-hybridized carbons (Fsp3) is 0.360. The van der Waals surface area contributed by atoms with Crippen LogP contribution in [-0.4, -0.2) is 44.6 Å². The molecule has 4 N–H and O–H groups in total. The molecule has 1 aliphatic heterocycles. The Bertz CT molecular complexity index is 1210. The topological polar surface area (TPSA) is 109 Å². The molecule has 1 fully saturated rings. The number of aryl methyl sites for hydroxylation is 1. The van der Waals surface area contributed by atoms with E-state index in [-0.39, 0.29) is 24.2 Å².